The Bertz CT molecular complexity index is 699. The fourth-order valence-corrected chi connectivity index (χ4v) is 1.89. The van der Waals surface area contributed by atoms with E-state index in [0.29, 0.717) is 17.2 Å². The normalized spacial score (nSPS) is 12.2. The van der Waals surface area contributed by atoms with Gasteiger partial charge in [-0.05, 0) is 55.5 Å². The van der Waals surface area contributed by atoms with E-state index < -0.39 is 12.5 Å². The molecule has 0 aliphatic heterocycles. The van der Waals surface area contributed by atoms with Crippen molar-refractivity contribution in [2.45, 2.75) is 19.4 Å². The van der Waals surface area contributed by atoms with E-state index in [1.807, 2.05) is 0 Å². The van der Waals surface area contributed by atoms with E-state index in [1.165, 1.54) is 19.2 Å². The molecule has 0 fully saturated rings. The zero-order valence-electron chi connectivity index (χ0n) is 13.5. The maximum atomic E-state index is 12.1. The summed E-state index contributed by atoms with van der Waals surface area (Å²) < 4.78 is 51.0. The van der Waals surface area contributed by atoms with E-state index in [1.54, 1.807) is 31.2 Å². The number of alkyl halides is 3. The quantitative estimate of drug-likeness (QED) is 0.854. The van der Waals surface area contributed by atoms with Crippen molar-refractivity contribution in [3.05, 3.63) is 48.5 Å². The molecule has 8 heteroatoms. The first-order chi connectivity index (χ1) is 11.8. The molecule has 0 saturated heterocycles. The van der Waals surface area contributed by atoms with E-state index in [9.17, 15) is 18.0 Å². The molecule has 2 rings (SSSR count). The Labute approximate surface area is 142 Å². The van der Waals surface area contributed by atoms with Crippen LogP contribution in [-0.4, -0.2) is 25.4 Å². The van der Waals surface area contributed by atoms with Gasteiger partial charge in [0.1, 0.15) is 23.0 Å². The number of likely N-dealkylation sites (N-methyl/N-ethyl adjacent to an activating group) is 1. The number of carbonyl (C=O) groups is 1. The Morgan fingerprint density at radius 1 is 0.920 bits per heavy atom. The van der Waals surface area contributed by atoms with Crippen LogP contribution in [-0.2, 0) is 4.79 Å². The number of ether oxygens (including phenoxy) is 3. The van der Waals surface area contributed by atoms with Gasteiger partial charge in [-0.2, -0.15) is 0 Å². The van der Waals surface area contributed by atoms with Gasteiger partial charge in [0, 0.05) is 7.05 Å². The van der Waals surface area contributed by atoms with Gasteiger partial charge in [0.25, 0.3) is 5.91 Å². The molecule has 1 N–H and O–H groups in total. The first kappa shape index (κ1) is 18.4. The van der Waals surface area contributed by atoms with Crippen molar-refractivity contribution in [2.75, 3.05) is 7.05 Å². The highest BCUT2D eigenvalue weighted by Crippen LogP contribution is 2.28. The van der Waals surface area contributed by atoms with Crippen molar-refractivity contribution in [3.63, 3.8) is 0 Å². The fourth-order valence-electron chi connectivity index (χ4n) is 1.89. The largest absolute Gasteiger partial charge is 0.573 e. The number of halogens is 3. The number of rotatable bonds is 6. The van der Waals surface area contributed by atoms with Gasteiger partial charge in [0.15, 0.2) is 6.10 Å². The van der Waals surface area contributed by atoms with Crippen molar-refractivity contribution in [2.24, 2.45) is 0 Å². The van der Waals surface area contributed by atoms with Crippen molar-refractivity contribution in [1.82, 2.24) is 5.32 Å². The number of carbonyl (C=O) groups excluding carboxylic acids is 1. The molecule has 25 heavy (non-hydrogen) atoms. The average Bonchev–Trinajstić information content (AvgIpc) is 2.56. The molecule has 2 aromatic carbocycles. The van der Waals surface area contributed by atoms with Gasteiger partial charge in [0.05, 0.1) is 0 Å². The third-order valence-corrected chi connectivity index (χ3v) is 3.05. The molecule has 1 amide bonds. The lowest BCUT2D eigenvalue weighted by molar-refractivity contribution is -0.274. The van der Waals surface area contributed by atoms with Crippen molar-refractivity contribution in [1.29, 1.82) is 0 Å². The molecule has 0 saturated carbocycles. The number of nitrogens with one attached hydrogen (secondary N) is 1. The maximum absolute atomic E-state index is 12.1. The average molecular weight is 355 g/mol. The summed E-state index contributed by atoms with van der Waals surface area (Å²) in [6.07, 6.45) is -5.37. The number of hydrogen-bond acceptors (Lipinski definition) is 4. The highest BCUT2D eigenvalue weighted by atomic mass is 19.4. The van der Waals surface area contributed by atoms with Crippen LogP contribution in [0.3, 0.4) is 0 Å². The van der Waals surface area contributed by atoms with Crippen LogP contribution in [0.1, 0.15) is 6.92 Å². The summed E-state index contributed by atoms with van der Waals surface area (Å²) in [5, 5.41) is 2.48. The summed E-state index contributed by atoms with van der Waals surface area (Å²) in [5.74, 6) is 0.719. The smallest absolute Gasteiger partial charge is 0.481 e. The van der Waals surface area contributed by atoms with Crippen LogP contribution in [0, 0.1) is 0 Å². The van der Waals surface area contributed by atoms with Gasteiger partial charge < -0.3 is 19.5 Å². The van der Waals surface area contributed by atoms with Gasteiger partial charge >= 0.3 is 6.36 Å². The van der Waals surface area contributed by atoms with Gasteiger partial charge in [0.2, 0.25) is 0 Å². The van der Waals surface area contributed by atoms with E-state index in [2.05, 4.69) is 10.1 Å². The molecule has 2 aromatic rings. The zero-order chi connectivity index (χ0) is 18.4. The molecule has 0 heterocycles. The molecule has 0 radical (unpaired) electrons. The van der Waals surface area contributed by atoms with Gasteiger partial charge in [-0.1, -0.05) is 0 Å². The maximum Gasteiger partial charge on any atom is 0.573 e. The molecule has 0 aromatic heterocycles. The predicted octanol–water partition coefficient (Wildman–Crippen LogP) is 3.89. The van der Waals surface area contributed by atoms with E-state index >= 15 is 0 Å². The van der Waals surface area contributed by atoms with Crippen LogP contribution < -0.4 is 19.5 Å². The summed E-state index contributed by atoms with van der Waals surface area (Å²) in [6, 6.07) is 11.5. The first-order valence-corrected chi connectivity index (χ1v) is 7.29. The van der Waals surface area contributed by atoms with Crippen LogP contribution in [0.15, 0.2) is 48.5 Å². The molecule has 1 atom stereocenters. The number of hydrogen-bond donors (Lipinski definition) is 1. The molecule has 134 valence electrons. The topological polar surface area (TPSA) is 56.8 Å². The second-order valence-corrected chi connectivity index (χ2v) is 4.97. The molecule has 0 aliphatic carbocycles. The summed E-state index contributed by atoms with van der Waals surface area (Å²) in [5.41, 5.74) is 0. The van der Waals surface area contributed by atoms with Gasteiger partial charge in [-0.25, -0.2) is 0 Å². The molecule has 0 aliphatic rings. The van der Waals surface area contributed by atoms with Gasteiger partial charge in [-0.3, -0.25) is 4.79 Å². The van der Waals surface area contributed by atoms with Crippen LogP contribution in [0.4, 0.5) is 13.2 Å². The predicted molar refractivity (Wildman–Crippen MR) is 83.8 cm³/mol. The van der Waals surface area contributed by atoms with E-state index in [-0.39, 0.29) is 11.7 Å². The Kier molecular flexibility index (Phi) is 5.74. The highest BCUT2D eigenvalue weighted by molar-refractivity contribution is 5.80. The van der Waals surface area contributed by atoms with Gasteiger partial charge in [-0.15, -0.1) is 13.2 Å². The van der Waals surface area contributed by atoms with E-state index in [4.69, 9.17) is 9.47 Å². The lowest BCUT2D eigenvalue weighted by atomic mass is 10.3. The number of amides is 1. The molecule has 0 bridgehead atoms. The fraction of sp³-hybridized carbons (Fsp3) is 0.235. The Morgan fingerprint density at radius 2 is 1.36 bits per heavy atom. The van der Waals surface area contributed by atoms with Crippen LogP contribution in [0.25, 0.3) is 0 Å². The van der Waals surface area contributed by atoms with Crippen LogP contribution in [0.5, 0.6) is 23.0 Å². The minimum Gasteiger partial charge on any atom is -0.481 e. The second kappa shape index (κ2) is 7.78. The summed E-state index contributed by atoms with van der Waals surface area (Å²) in [4.78, 5) is 11.4. The second-order valence-electron chi connectivity index (χ2n) is 4.97. The molecule has 0 spiro atoms. The summed E-state index contributed by atoms with van der Waals surface area (Å²) in [7, 11) is 1.52. The van der Waals surface area contributed by atoms with Crippen LogP contribution >= 0.6 is 0 Å². The number of benzene rings is 2. The first-order valence-electron chi connectivity index (χ1n) is 7.29. The minimum atomic E-state index is -4.73. The van der Waals surface area contributed by atoms with Crippen molar-refractivity contribution < 1.29 is 32.2 Å². The molecule has 5 nitrogen and oxygen atoms in total. The molecule has 1 unspecified atom stereocenters. The zero-order valence-corrected chi connectivity index (χ0v) is 13.5. The Morgan fingerprint density at radius 3 is 1.80 bits per heavy atom. The standard InChI is InChI=1S/C17H16F3NO4/c1-11(16(22)21-2)23-12-3-5-13(6-4-12)24-14-7-9-15(10-8-14)25-17(18,19)20/h3-11H,1-2H3,(H,21,22). The Hall–Kier alpha value is -2.90. The van der Waals surface area contributed by atoms with Crippen molar-refractivity contribution in [3.8, 4) is 23.0 Å². The molecular weight excluding hydrogens is 339 g/mol. The Balaban J connectivity index is 1.96. The third-order valence-electron chi connectivity index (χ3n) is 3.05. The SMILES string of the molecule is CNC(=O)C(C)Oc1ccc(Oc2ccc(OC(F)(F)F)cc2)cc1. The lowest BCUT2D eigenvalue weighted by Crippen LogP contribution is -2.33. The summed E-state index contributed by atoms with van der Waals surface area (Å²) >= 11 is 0. The van der Waals surface area contributed by atoms with E-state index in [0.717, 1.165) is 12.1 Å². The minimum absolute atomic E-state index is 0.249. The van der Waals surface area contributed by atoms with Crippen LogP contribution in [0.2, 0.25) is 0 Å². The monoisotopic (exact) mass is 355 g/mol. The lowest BCUT2D eigenvalue weighted by Gasteiger charge is -2.13. The third kappa shape index (κ3) is 5.91. The highest BCUT2D eigenvalue weighted by Gasteiger charge is 2.30. The summed E-state index contributed by atoms with van der Waals surface area (Å²) in [6.45, 7) is 1.62. The van der Waals surface area contributed by atoms with Crippen molar-refractivity contribution >= 4 is 5.91 Å². The molecular formula is C17H16F3NO4.